The van der Waals surface area contributed by atoms with Crippen LogP contribution < -0.4 is 10.0 Å². The maximum Gasteiger partial charge on any atom is 0.243 e. The Morgan fingerprint density at radius 2 is 2.47 bits per heavy atom. The van der Waals surface area contributed by atoms with Gasteiger partial charge in [0.05, 0.1) is 13.2 Å². The first-order valence-corrected chi connectivity index (χ1v) is 7.28. The number of nitriles is 1. The van der Waals surface area contributed by atoms with Gasteiger partial charge in [-0.1, -0.05) is 0 Å². The Bertz CT molecular complexity index is 576. The number of nitrogens with zero attached hydrogens (tertiary/aromatic N) is 2. The molecular formula is C11H14N4O3S. The number of rotatable bonds is 4. The molecule has 1 aliphatic heterocycles. The second-order valence-corrected chi connectivity index (χ2v) is 5.78. The van der Waals surface area contributed by atoms with Crippen LogP contribution in [0.3, 0.4) is 0 Å². The van der Waals surface area contributed by atoms with Gasteiger partial charge in [-0.2, -0.15) is 5.26 Å². The number of pyridine rings is 1. The fourth-order valence-corrected chi connectivity index (χ4v) is 2.92. The van der Waals surface area contributed by atoms with E-state index in [0.717, 1.165) is 0 Å². The normalized spacial score (nSPS) is 19.8. The molecular weight excluding hydrogens is 268 g/mol. The number of ether oxygens (including phenoxy) is 1. The lowest BCUT2D eigenvalue weighted by Gasteiger charge is -2.23. The summed E-state index contributed by atoms with van der Waals surface area (Å²) >= 11 is 0. The van der Waals surface area contributed by atoms with Crippen LogP contribution in [0.4, 0.5) is 0 Å². The Kier molecular flexibility index (Phi) is 4.44. The quantitative estimate of drug-likeness (QED) is 0.750. The Morgan fingerprint density at radius 3 is 3.16 bits per heavy atom. The first kappa shape index (κ1) is 13.9. The van der Waals surface area contributed by atoms with Crippen LogP contribution in [0.1, 0.15) is 5.69 Å². The molecule has 0 spiro atoms. The molecule has 0 saturated carbocycles. The Balaban J connectivity index is 2.07. The van der Waals surface area contributed by atoms with Crippen molar-refractivity contribution in [1.29, 1.82) is 5.26 Å². The van der Waals surface area contributed by atoms with Gasteiger partial charge in [-0.15, -0.1) is 0 Å². The zero-order valence-corrected chi connectivity index (χ0v) is 11.0. The van der Waals surface area contributed by atoms with Crippen molar-refractivity contribution in [3.05, 3.63) is 24.0 Å². The van der Waals surface area contributed by atoms with Gasteiger partial charge in [-0.05, 0) is 12.1 Å². The van der Waals surface area contributed by atoms with Gasteiger partial charge in [0.1, 0.15) is 11.0 Å². The van der Waals surface area contributed by atoms with Gasteiger partial charge in [-0.25, -0.2) is 18.1 Å². The maximum absolute atomic E-state index is 12.1. The van der Waals surface area contributed by atoms with Gasteiger partial charge in [0.25, 0.3) is 0 Å². The number of hydrogen-bond acceptors (Lipinski definition) is 6. The predicted molar refractivity (Wildman–Crippen MR) is 66.8 cm³/mol. The van der Waals surface area contributed by atoms with Crippen molar-refractivity contribution in [1.82, 2.24) is 15.0 Å². The molecule has 2 heterocycles. The van der Waals surface area contributed by atoms with Crippen molar-refractivity contribution in [3.63, 3.8) is 0 Å². The van der Waals surface area contributed by atoms with Crippen molar-refractivity contribution >= 4 is 10.0 Å². The molecule has 19 heavy (non-hydrogen) atoms. The lowest BCUT2D eigenvalue weighted by Crippen LogP contribution is -2.48. The number of morpholine rings is 1. The van der Waals surface area contributed by atoms with Crippen LogP contribution in [-0.2, 0) is 14.8 Å². The summed E-state index contributed by atoms with van der Waals surface area (Å²) in [6.45, 7) is 2.00. The lowest BCUT2D eigenvalue weighted by molar-refractivity contribution is 0.0784. The standard InChI is InChI=1S/C11H14N4O3S/c12-6-10-11(2-1-3-14-10)19(16,17)15-7-9-8-18-5-4-13-9/h1-3,9,13,15H,4-5,7-8H2. The topological polar surface area (TPSA) is 104 Å². The SMILES string of the molecule is N#Cc1ncccc1S(=O)(=O)NCC1COCCN1. The molecule has 0 aliphatic carbocycles. The van der Waals surface area contributed by atoms with Crippen molar-refractivity contribution in [2.45, 2.75) is 10.9 Å². The molecule has 0 aromatic carbocycles. The lowest BCUT2D eigenvalue weighted by atomic mass is 10.3. The second kappa shape index (κ2) is 6.08. The van der Waals surface area contributed by atoms with Crippen LogP contribution in [0.5, 0.6) is 0 Å². The average Bonchev–Trinajstić information content (AvgIpc) is 2.46. The van der Waals surface area contributed by atoms with E-state index in [4.69, 9.17) is 10.00 Å². The Labute approximate surface area is 111 Å². The molecule has 8 heteroatoms. The van der Waals surface area contributed by atoms with E-state index in [-0.39, 0.29) is 23.2 Å². The fourth-order valence-electron chi connectivity index (χ4n) is 1.73. The minimum Gasteiger partial charge on any atom is -0.378 e. The van der Waals surface area contributed by atoms with E-state index in [9.17, 15) is 8.42 Å². The van der Waals surface area contributed by atoms with E-state index in [1.54, 1.807) is 6.07 Å². The minimum atomic E-state index is -3.73. The number of sulfonamides is 1. The molecule has 2 N–H and O–H groups in total. The smallest absolute Gasteiger partial charge is 0.243 e. The highest BCUT2D eigenvalue weighted by molar-refractivity contribution is 7.89. The first-order valence-electron chi connectivity index (χ1n) is 5.79. The molecule has 0 bridgehead atoms. The minimum absolute atomic E-state index is 0.0641. The molecule has 1 fully saturated rings. The van der Waals surface area contributed by atoms with E-state index in [2.05, 4.69) is 15.0 Å². The summed E-state index contributed by atoms with van der Waals surface area (Å²) in [5.74, 6) is 0. The van der Waals surface area contributed by atoms with Crippen molar-refractivity contribution in [2.24, 2.45) is 0 Å². The number of hydrogen-bond donors (Lipinski definition) is 2. The first-order chi connectivity index (χ1) is 9.13. The molecule has 1 saturated heterocycles. The molecule has 0 amide bonds. The number of nitrogens with one attached hydrogen (secondary N) is 2. The zero-order chi connectivity index (χ0) is 13.7. The third kappa shape index (κ3) is 3.48. The van der Waals surface area contributed by atoms with Gasteiger partial charge in [0.15, 0.2) is 5.69 Å². The summed E-state index contributed by atoms with van der Waals surface area (Å²) in [7, 11) is -3.73. The van der Waals surface area contributed by atoms with E-state index >= 15 is 0 Å². The monoisotopic (exact) mass is 282 g/mol. The summed E-state index contributed by atoms with van der Waals surface area (Å²) in [6, 6.07) is 4.55. The van der Waals surface area contributed by atoms with Crippen molar-refractivity contribution in [2.75, 3.05) is 26.3 Å². The van der Waals surface area contributed by atoms with Gasteiger partial charge < -0.3 is 10.1 Å². The highest BCUT2D eigenvalue weighted by Crippen LogP contribution is 2.11. The van der Waals surface area contributed by atoms with Crippen molar-refractivity contribution in [3.8, 4) is 6.07 Å². The third-order valence-corrected chi connectivity index (χ3v) is 4.14. The molecule has 0 radical (unpaired) electrons. The Hall–Kier alpha value is -1.53. The van der Waals surface area contributed by atoms with Gasteiger partial charge in [-0.3, -0.25) is 0 Å². The largest absolute Gasteiger partial charge is 0.378 e. The van der Waals surface area contributed by atoms with E-state index in [1.807, 2.05) is 0 Å². The predicted octanol–water partition coefficient (Wildman–Crippen LogP) is -0.780. The molecule has 102 valence electrons. The molecule has 2 rings (SSSR count). The summed E-state index contributed by atoms with van der Waals surface area (Å²) < 4.78 is 31.9. The second-order valence-electron chi connectivity index (χ2n) is 4.04. The van der Waals surface area contributed by atoms with Gasteiger partial charge >= 0.3 is 0 Å². The summed E-state index contributed by atoms with van der Waals surface area (Å²) in [5.41, 5.74) is -0.108. The van der Waals surface area contributed by atoms with E-state index in [0.29, 0.717) is 19.8 Å². The highest BCUT2D eigenvalue weighted by atomic mass is 32.2. The van der Waals surface area contributed by atoms with Crippen LogP contribution in [0.15, 0.2) is 23.2 Å². The van der Waals surface area contributed by atoms with Crippen LogP contribution in [0.25, 0.3) is 0 Å². The summed E-state index contributed by atoms with van der Waals surface area (Å²) in [5, 5.41) is 12.0. The summed E-state index contributed by atoms with van der Waals surface area (Å²) in [4.78, 5) is 3.64. The average molecular weight is 282 g/mol. The van der Waals surface area contributed by atoms with Gasteiger partial charge in [0, 0.05) is 25.3 Å². The molecule has 1 unspecified atom stereocenters. The van der Waals surface area contributed by atoms with Crippen LogP contribution in [0.2, 0.25) is 0 Å². The van der Waals surface area contributed by atoms with E-state index < -0.39 is 10.0 Å². The highest BCUT2D eigenvalue weighted by Gasteiger charge is 2.21. The van der Waals surface area contributed by atoms with Crippen LogP contribution in [0, 0.1) is 11.3 Å². The molecule has 1 aromatic heterocycles. The van der Waals surface area contributed by atoms with Crippen LogP contribution in [-0.4, -0.2) is 45.7 Å². The van der Waals surface area contributed by atoms with Crippen LogP contribution >= 0.6 is 0 Å². The number of aromatic nitrogens is 1. The molecule has 1 aliphatic rings. The van der Waals surface area contributed by atoms with Gasteiger partial charge in [0.2, 0.25) is 10.0 Å². The molecule has 7 nitrogen and oxygen atoms in total. The molecule has 1 aromatic rings. The van der Waals surface area contributed by atoms with Crippen molar-refractivity contribution < 1.29 is 13.2 Å². The summed E-state index contributed by atoms with van der Waals surface area (Å²) in [6.07, 6.45) is 1.38. The van der Waals surface area contributed by atoms with E-state index in [1.165, 1.54) is 18.3 Å². The zero-order valence-electron chi connectivity index (χ0n) is 10.2. The fraction of sp³-hybridized carbons (Fsp3) is 0.455. The molecule has 1 atom stereocenters. The Morgan fingerprint density at radius 1 is 1.63 bits per heavy atom. The third-order valence-electron chi connectivity index (χ3n) is 2.68. The maximum atomic E-state index is 12.1.